The van der Waals surface area contributed by atoms with Crippen molar-refractivity contribution in [2.45, 2.75) is 6.92 Å². The van der Waals surface area contributed by atoms with Gasteiger partial charge in [0.05, 0.1) is 68.1 Å². The molecule has 0 saturated heterocycles. The molecule has 8 rings (SSSR count). The van der Waals surface area contributed by atoms with Gasteiger partial charge in [-0.3, -0.25) is 0 Å². The van der Waals surface area contributed by atoms with Crippen molar-refractivity contribution in [2.75, 3.05) is 0 Å². The van der Waals surface area contributed by atoms with Crippen molar-refractivity contribution in [2.24, 2.45) is 0 Å². The summed E-state index contributed by atoms with van der Waals surface area (Å²) in [4.78, 5) is 20.5. The molecule has 0 bridgehead atoms. The van der Waals surface area contributed by atoms with Gasteiger partial charge in [-0.1, -0.05) is 91.0 Å². The number of aromatic nitrogens is 4. The van der Waals surface area contributed by atoms with Crippen LogP contribution in [0.15, 0.2) is 140 Å². The minimum Gasteiger partial charge on any atom is -0.244 e. The second kappa shape index (κ2) is 12.3. The molecule has 0 spiro atoms. The maximum Gasteiger partial charge on any atom is 0.0994 e. The van der Waals surface area contributed by atoms with Crippen LogP contribution in [0.4, 0.5) is 0 Å². The Kier molecular flexibility index (Phi) is 7.38. The van der Waals surface area contributed by atoms with E-state index < -0.39 is 0 Å². The summed E-state index contributed by atoms with van der Waals surface area (Å²) in [5.41, 5.74) is 14.0. The summed E-state index contributed by atoms with van der Waals surface area (Å²) in [5, 5.41) is 18.9. The predicted octanol–water partition coefficient (Wildman–Crippen LogP) is 9.96. The van der Waals surface area contributed by atoms with Crippen LogP contribution in [0.5, 0.6) is 0 Å². The fourth-order valence-electron chi connectivity index (χ4n) is 6.10. The fourth-order valence-corrected chi connectivity index (χ4v) is 6.10. The molecule has 0 N–H and O–H groups in total. The Hall–Kier alpha value is -7.02. The maximum absolute atomic E-state index is 9.52. The van der Waals surface area contributed by atoms with Gasteiger partial charge < -0.3 is 0 Å². The lowest BCUT2D eigenvalue weighted by atomic mass is 9.99. The number of hydrogen-bond donors (Lipinski definition) is 0. The number of rotatable bonds is 5. The molecular formula is C43H26N6. The quantitative estimate of drug-likeness (QED) is 0.189. The summed E-state index contributed by atoms with van der Waals surface area (Å²) in [5.74, 6) is 0. The summed E-state index contributed by atoms with van der Waals surface area (Å²) in [6, 6.07) is 50.0. The average molecular weight is 627 g/mol. The van der Waals surface area contributed by atoms with Crippen molar-refractivity contribution in [3.8, 4) is 68.3 Å². The van der Waals surface area contributed by atoms with Crippen LogP contribution in [0.1, 0.15) is 16.7 Å². The van der Waals surface area contributed by atoms with Gasteiger partial charge in [0.1, 0.15) is 0 Å². The summed E-state index contributed by atoms with van der Waals surface area (Å²) in [6.45, 7) is 1.94. The van der Waals surface area contributed by atoms with Crippen LogP contribution in [-0.2, 0) is 0 Å². The van der Waals surface area contributed by atoms with Crippen LogP contribution in [0.2, 0.25) is 0 Å². The molecule has 0 unspecified atom stereocenters. The standard InChI is InChI=1S/C43H26N6/c1-27-22-34(16-17-35(27)26-45)43-41(30-10-6-3-7-11-30)47-37-21-19-33(24-39(37)49-43)32-18-20-36-38(23-32)48-42(31-14-12-28(25-44)13-15-31)40(46-36)29-8-4-2-5-9-29/h2-24H,1H3. The van der Waals surface area contributed by atoms with E-state index >= 15 is 0 Å². The average Bonchev–Trinajstić information content (AvgIpc) is 3.17. The van der Waals surface area contributed by atoms with E-state index in [0.29, 0.717) is 11.1 Å². The van der Waals surface area contributed by atoms with Crippen LogP contribution in [0, 0.1) is 29.6 Å². The molecule has 0 amide bonds. The second-order valence-corrected chi connectivity index (χ2v) is 11.8. The first-order valence-electron chi connectivity index (χ1n) is 15.8. The zero-order valence-corrected chi connectivity index (χ0v) is 26.5. The van der Waals surface area contributed by atoms with Crippen molar-refractivity contribution >= 4 is 22.1 Å². The number of nitrogens with zero attached hydrogens (tertiary/aromatic N) is 6. The number of benzene rings is 6. The number of nitriles is 2. The normalized spacial score (nSPS) is 10.9. The van der Waals surface area contributed by atoms with Crippen LogP contribution in [0.3, 0.4) is 0 Å². The van der Waals surface area contributed by atoms with Gasteiger partial charge in [0, 0.05) is 22.3 Å². The van der Waals surface area contributed by atoms with Crippen molar-refractivity contribution in [1.29, 1.82) is 10.5 Å². The molecule has 228 valence electrons. The Morgan fingerprint density at radius 3 is 1.29 bits per heavy atom. The minimum absolute atomic E-state index is 0.591. The van der Waals surface area contributed by atoms with Gasteiger partial charge in [-0.15, -0.1) is 0 Å². The summed E-state index contributed by atoms with van der Waals surface area (Å²) < 4.78 is 0. The van der Waals surface area contributed by atoms with Gasteiger partial charge in [-0.25, -0.2) is 19.9 Å². The zero-order chi connectivity index (χ0) is 33.3. The summed E-state index contributed by atoms with van der Waals surface area (Å²) in [7, 11) is 0. The van der Waals surface area contributed by atoms with E-state index in [1.165, 1.54) is 0 Å². The number of aryl methyl sites for hydroxylation is 1. The maximum atomic E-state index is 9.52. The highest BCUT2D eigenvalue weighted by Gasteiger charge is 2.17. The third-order valence-corrected chi connectivity index (χ3v) is 8.66. The van der Waals surface area contributed by atoms with Crippen LogP contribution < -0.4 is 0 Å². The van der Waals surface area contributed by atoms with Crippen LogP contribution in [0.25, 0.3) is 78.2 Å². The van der Waals surface area contributed by atoms with E-state index in [2.05, 4.69) is 36.4 Å². The monoisotopic (exact) mass is 626 g/mol. The molecule has 8 aromatic rings. The molecule has 6 aromatic carbocycles. The molecule has 0 fully saturated rings. The topological polar surface area (TPSA) is 99.1 Å². The molecular weight excluding hydrogens is 601 g/mol. The SMILES string of the molecule is Cc1cc(-c2nc3cc(-c4ccc5nc(-c6ccccc6)c(-c6ccc(C#N)cc6)nc5c4)ccc3nc2-c2ccccc2)ccc1C#N. The molecule has 0 radical (unpaired) electrons. The largest absolute Gasteiger partial charge is 0.244 e. The highest BCUT2D eigenvalue weighted by Crippen LogP contribution is 2.35. The smallest absolute Gasteiger partial charge is 0.0994 e. The predicted molar refractivity (Wildman–Crippen MR) is 194 cm³/mol. The molecule has 6 heteroatoms. The zero-order valence-electron chi connectivity index (χ0n) is 26.5. The van der Waals surface area contributed by atoms with E-state index in [1.807, 2.05) is 110 Å². The highest BCUT2D eigenvalue weighted by atomic mass is 14.8. The molecule has 6 nitrogen and oxygen atoms in total. The van der Waals surface area contributed by atoms with Gasteiger partial charge >= 0.3 is 0 Å². The van der Waals surface area contributed by atoms with E-state index in [-0.39, 0.29) is 0 Å². The van der Waals surface area contributed by atoms with Crippen LogP contribution >= 0.6 is 0 Å². The first-order valence-corrected chi connectivity index (χ1v) is 15.8. The Bertz CT molecular complexity index is 2620. The van der Waals surface area contributed by atoms with Crippen molar-refractivity contribution in [1.82, 2.24) is 19.9 Å². The van der Waals surface area contributed by atoms with E-state index in [4.69, 9.17) is 19.9 Å². The molecule has 49 heavy (non-hydrogen) atoms. The van der Waals surface area contributed by atoms with Crippen LogP contribution in [-0.4, -0.2) is 19.9 Å². The van der Waals surface area contributed by atoms with Gasteiger partial charge in [0.2, 0.25) is 0 Å². The van der Waals surface area contributed by atoms with Gasteiger partial charge in [-0.2, -0.15) is 10.5 Å². The Labute approximate surface area is 283 Å². The fraction of sp³-hybridized carbons (Fsp3) is 0.0233. The van der Waals surface area contributed by atoms with E-state index in [0.717, 1.165) is 83.8 Å². The lowest BCUT2D eigenvalue weighted by Crippen LogP contribution is -1.97. The van der Waals surface area contributed by atoms with Crippen molar-refractivity contribution in [3.63, 3.8) is 0 Å². The molecule has 2 heterocycles. The van der Waals surface area contributed by atoms with Gasteiger partial charge in [0.15, 0.2) is 0 Å². The lowest BCUT2D eigenvalue weighted by Gasteiger charge is -2.13. The first-order chi connectivity index (χ1) is 24.1. The van der Waals surface area contributed by atoms with Gasteiger partial charge in [-0.05, 0) is 72.1 Å². The highest BCUT2D eigenvalue weighted by molar-refractivity contribution is 5.92. The summed E-state index contributed by atoms with van der Waals surface area (Å²) >= 11 is 0. The second-order valence-electron chi connectivity index (χ2n) is 11.8. The molecule has 0 aliphatic carbocycles. The molecule has 2 aromatic heterocycles. The Morgan fingerprint density at radius 1 is 0.388 bits per heavy atom. The molecule has 0 aliphatic rings. The van der Waals surface area contributed by atoms with Crippen molar-refractivity contribution < 1.29 is 0 Å². The number of hydrogen-bond acceptors (Lipinski definition) is 6. The first kappa shape index (κ1) is 29.4. The minimum atomic E-state index is 0.591. The van der Waals surface area contributed by atoms with Crippen molar-refractivity contribution in [3.05, 3.63) is 156 Å². The van der Waals surface area contributed by atoms with E-state index in [1.54, 1.807) is 12.1 Å². The van der Waals surface area contributed by atoms with E-state index in [9.17, 15) is 10.5 Å². The number of fused-ring (bicyclic) bond motifs is 2. The lowest BCUT2D eigenvalue weighted by molar-refractivity contribution is 1.28. The summed E-state index contributed by atoms with van der Waals surface area (Å²) in [6.07, 6.45) is 0. The molecule has 0 atom stereocenters. The van der Waals surface area contributed by atoms with Gasteiger partial charge in [0.25, 0.3) is 0 Å². The third-order valence-electron chi connectivity index (χ3n) is 8.66. The molecule has 0 aliphatic heterocycles. The molecule has 0 saturated carbocycles. The third kappa shape index (κ3) is 5.54. The Morgan fingerprint density at radius 2 is 0.816 bits per heavy atom. The Balaban J connectivity index is 1.27.